The number of hydrogen-bond acceptors (Lipinski definition) is 3. The smallest absolute Gasteiger partial charge is 0.145 e. The molecule has 1 aliphatic carbocycles. The molecular weight excluding hydrogens is 202 g/mol. The fraction of sp³-hybridized carbons (Fsp3) is 0.538. The lowest BCUT2D eigenvalue weighted by atomic mass is 10.2. The van der Waals surface area contributed by atoms with Gasteiger partial charge in [-0.2, -0.15) is 0 Å². The summed E-state index contributed by atoms with van der Waals surface area (Å²) in [5, 5.41) is 3.41. The molecule has 1 aromatic rings. The van der Waals surface area contributed by atoms with Crippen molar-refractivity contribution in [3.8, 4) is 11.5 Å². The molecule has 0 aliphatic heterocycles. The first-order valence-electron chi connectivity index (χ1n) is 5.79. The molecule has 0 bridgehead atoms. The average Bonchev–Trinajstić information content (AvgIpc) is 3.13. The van der Waals surface area contributed by atoms with E-state index < -0.39 is 0 Å². The highest BCUT2D eigenvalue weighted by atomic mass is 16.5. The molecule has 0 saturated heterocycles. The fourth-order valence-electron chi connectivity index (χ4n) is 1.76. The van der Waals surface area contributed by atoms with Crippen molar-refractivity contribution in [3.63, 3.8) is 0 Å². The van der Waals surface area contributed by atoms with Crippen molar-refractivity contribution in [3.05, 3.63) is 18.2 Å². The SMILES string of the molecule is COc1ccc(NCCC2CC2)c(OC)c1. The Kier molecular flexibility index (Phi) is 3.54. The van der Waals surface area contributed by atoms with Crippen LogP contribution in [0.1, 0.15) is 19.3 Å². The summed E-state index contributed by atoms with van der Waals surface area (Å²) in [4.78, 5) is 0. The summed E-state index contributed by atoms with van der Waals surface area (Å²) >= 11 is 0. The molecule has 1 fully saturated rings. The first kappa shape index (κ1) is 11.1. The van der Waals surface area contributed by atoms with Crippen LogP contribution in [0.4, 0.5) is 5.69 Å². The zero-order valence-electron chi connectivity index (χ0n) is 9.95. The molecule has 3 heteroatoms. The van der Waals surface area contributed by atoms with Crippen LogP contribution in [0.2, 0.25) is 0 Å². The highest BCUT2D eigenvalue weighted by Crippen LogP contribution is 2.33. The normalized spacial score (nSPS) is 14.6. The molecule has 0 radical (unpaired) electrons. The van der Waals surface area contributed by atoms with E-state index in [1.807, 2.05) is 18.2 Å². The minimum atomic E-state index is 0.824. The highest BCUT2D eigenvalue weighted by Gasteiger charge is 2.20. The monoisotopic (exact) mass is 221 g/mol. The van der Waals surface area contributed by atoms with E-state index in [1.165, 1.54) is 19.3 Å². The van der Waals surface area contributed by atoms with E-state index in [2.05, 4.69) is 5.32 Å². The molecule has 0 heterocycles. The number of benzene rings is 1. The van der Waals surface area contributed by atoms with Crippen molar-refractivity contribution in [2.24, 2.45) is 5.92 Å². The maximum Gasteiger partial charge on any atom is 0.145 e. The molecule has 16 heavy (non-hydrogen) atoms. The van der Waals surface area contributed by atoms with Gasteiger partial charge in [-0.25, -0.2) is 0 Å². The van der Waals surface area contributed by atoms with Crippen molar-refractivity contribution in [2.45, 2.75) is 19.3 Å². The Morgan fingerprint density at radius 2 is 2.06 bits per heavy atom. The lowest BCUT2D eigenvalue weighted by Gasteiger charge is -2.12. The van der Waals surface area contributed by atoms with E-state index in [1.54, 1.807) is 14.2 Å². The minimum absolute atomic E-state index is 0.824. The van der Waals surface area contributed by atoms with Crippen LogP contribution in [0, 0.1) is 5.92 Å². The molecule has 0 spiro atoms. The van der Waals surface area contributed by atoms with Gasteiger partial charge in [-0.15, -0.1) is 0 Å². The lowest BCUT2D eigenvalue weighted by Crippen LogP contribution is -2.04. The molecule has 1 aromatic carbocycles. The number of rotatable bonds is 6. The lowest BCUT2D eigenvalue weighted by molar-refractivity contribution is 0.395. The summed E-state index contributed by atoms with van der Waals surface area (Å²) in [6, 6.07) is 5.85. The van der Waals surface area contributed by atoms with Crippen LogP contribution >= 0.6 is 0 Å². The molecule has 1 N–H and O–H groups in total. The summed E-state index contributed by atoms with van der Waals surface area (Å²) in [5.74, 6) is 2.62. The predicted octanol–water partition coefficient (Wildman–Crippen LogP) is 2.92. The van der Waals surface area contributed by atoms with Gasteiger partial charge in [0, 0.05) is 12.6 Å². The van der Waals surface area contributed by atoms with Crippen LogP contribution in [-0.4, -0.2) is 20.8 Å². The Morgan fingerprint density at radius 1 is 1.25 bits per heavy atom. The van der Waals surface area contributed by atoms with E-state index in [0.29, 0.717) is 0 Å². The van der Waals surface area contributed by atoms with Gasteiger partial charge < -0.3 is 14.8 Å². The van der Waals surface area contributed by atoms with E-state index in [9.17, 15) is 0 Å². The fourth-order valence-corrected chi connectivity index (χ4v) is 1.76. The van der Waals surface area contributed by atoms with E-state index in [0.717, 1.165) is 29.6 Å². The molecular formula is C13H19NO2. The van der Waals surface area contributed by atoms with Crippen LogP contribution < -0.4 is 14.8 Å². The van der Waals surface area contributed by atoms with E-state index in [4.69, 9.17) is 9.47 Å². The average molecular weight is 221 g/mol. The Hall–Kier alpha value is -1.38. The summed E-state index contributed by atoms with van der Waals surface area (Å²) in [5.41, 5.74) is 1.05. The van der Waals surface area contributed by atoms with Gasteiger partial charge in [-0.1, -0.05) is 12.8 Å². The standard InChI is InChI=1S/C13H19NO2/c1-15-11-5-6-12(13(9-11)16-2)14-8-7-10-3-4-10/h5-6,9-10,14H,3-4,7-8H2,1-2H3. The molecule has 1 saturated carbocycles. The molecule has 1 aliphatic rings. The second-order valence-corrected chi connectivity index (χ2v) is 4.23. The Balaban J connectivity index is 1.94. The molecule has 0 unspecified atom stereocenters. The predicted molar refractivity (Wildman–Crippen MR) is 65.4 cm³/mol. The van der Waals surface area contributed by atoms with Crippen molar-refractivity contribution < 1.29 is 9.47 Å². The van der Waals surface area contributed by atoms with Crippen LogP contribution in [-0.2, 0) is 0 Å². The molecule has 0 amide bonds. The number of methoxy groups -OCH3 is 2. The third kappa shape index (κ3) is 2.81. The summed E-state index contributed by atoms with van der Waals surface area (Å²) < 4.78 is 10.5. The maximum atomic E-state index is 5.32. The number of nitrogens with one attached hydrogen (secondary N) is 1. The van der Waals surface area contributed by atoms with Gasteiger partial charge in [-0.05, 0) is 24.5 Å². The van der Waals surface area contributed by atoms with Crippen molar-refractivity contribution in [2.75, 3.05) is 26.1 Å². The van der Waals surface area contributed by atoms with Gasteiger partial charge in [0.1, 0.15) is 11.5 Å². The van der Waals surface area contributed by atoms with Gasteiger partial charge in [0.25, 0.3) is 0 Å². The van der Waals surface area contributed by atoms with Gasteiger partial charge in [0.05, 0.1) is 19.9 Å². The van der Waals surface area contributed by atoms with Crippen LogP contribution in [0.3, 0.4) is 0 Å². The van der Waals surface area contributed by atoms with Gasteiger partial charge in [0.2, 0.25) is 0 Å². The first-order chi connectivity index (χ1) is 7.83. The van der Waals surface area contributed by atoms with Crippen LogP contribution in [0.15, 0.2) is 18.2 Å². The highest BCUT2D eigenvalue weighted by molar-refractivity contribution is 5.59. The van der Waals surface area contributed by atoms with Crippen LogP contribution in [0.5, 0.6) is 11.5 Å². The van der Waals surface area contributed by atoms with Crippen LogP contribution in [0.25, 0.3) is 0 Å². The third-order valence-corrected chi connectivity index (χ3v) is 2.97. The zero-order valence-corrected chi connectivity index (χ0v) is 9.95. The topological polar surface area (TPSA) is 30.5 Å². The summed E-state index contributed by atoms with van der Waals surface area (Å²) in [6.45, 7) is 1.02. The molecule has 2 rings (SSSR count). The zero-order chi connectivity index (χ0) is 11.4. The Labute approximate surface area is 96.8 Å². The quantitative estimate of drug-likeness (QED) is 0.801. The van der Waals surface area contributed by atoms with Gasteiger partial charge in [-0.3, -0.25) is 0 Å². The summed E-state index contributed by atoms with van der Waals surface area (Å²) in [6.07, 6.45) is 4.07. The first-order valence-corrected chi connectivity index (χ1v) is 5.79. The second-order valence-electron chi connectivity index (χ2n) is 4.23. The number of hydrogen-bond donors (Lipinski definition) is 1. The summed E-state index contributed by atoms with van der Waals surface area (Å²) in [7, 11) is 3.34. The van der Waals surface area contributed by atoms with Gasteiger partial charge >= 0.3 is 0 Å². The second kappa shape index (κ2) is 5.10. The molecule has 0 aromatic heterocycles. The van der Waals surface area contributed by atoms with Gasteiger partial charge in [0.15, 0.2) is 0 Å². The number of anilines is 1. The largest absolute Gasteiger partial charge is 0.497 e. The molecule has 0 atom stereocenters. The van der Waals surface area contributed by atoms with E-state index >= 15 is 0 Å². The van der Waals surface area contributed by atoms with Crippen molar-refractivity contribution in [1.29, 1.82) is 0 Å². The maximum absolute atomic E-state index is 5.32. The van der Waals surface area contributed by atoms with Crippen molar-refractivity contribution >= 4 is 5.69 Å². The Morgan fingerprint density at radius 3 is 2.69 bits per heavy atom. The third-order valence-electron chi connectivity index (χ3n) is 2.97. The molecule has 88 valence electrons. The van der Waals surface area contributed by atoms with Crippen molar-refractivity contribution in [1.82, 2.24) is 0 Å². The molecule has 3 nitrogen and oxygen atoms in total. The minimum Gasteiger partial charge on any atom is -0.497 e. The Bertz CT molecular complexity index is 348. The van der Waals surface area contributed by atoms with E-state index in [-0.39, 0.29) is 0 Å². The number of ether oxygens (including phenoxy) is 2.